The minimum absolute atomic E-state index is 0.127. The van der Waals surface area contributed by atoms with E-state index >= 15 is 0 Å². The van der Waals surface area contributed by atoms with Crippen LogP contribution in [0.1, 0.15) is 32.6 Å². The molecule has 13 heavy (non-hydrogen) atoms. The summed E-state index contributed by atoms with van der Waals surface area (Å²) in [5.74, 6) is 0.507. The number of hydrogen-bond donors (Lipinski definition) is 0. The molecule has 0 N–H and O–H groups in total. The molecule has 0 aliphatic heterocycles. The van der Waals surface area contributed by atoms with Gasteiger partial charge in [-0.2, -0.15) is 0 Å². The summed E-state index contributed by atoms with van der Waals surface area (Å²) in [6, 6.07) is 0. The molecule has 72 valence electrons. The van der Waals surface area contributed by atoms with Crippen molar-refractivity contribution in [1.29, 1.82) is 0 Å². The second-order valence-electron chi connectivity index (χ2n) is 4.10. The van der Waals surface area contributed by atoms with Crippen LogP contribution in [-0.4, -0.2) is 6.29 Å². The molecule has 0 aromatic heterocycles. The molecule has 0 spiro atoms. The summed E-state index contributed by atoms with van der Waals surface area (Å²) < 4.78 is 0. The molecule has 0 aromatic carbocycles. The average Bonchev–Trinajstić information content (AvgIpc) is 2.17. The van der Waals surface area contributed by atoms with Gasteiger partial charge in [-0.05, 0) is 31.6 Å². The molecule has 1 heteroatoms. The summed E-state index contributed by atoms with van der Waals surface area (Å²) in [5, 5.41) is 0. The van der Waals surface area contributed by atoms with E-state index in [1.54, 1.807) is 0 Å². The van der Waals surface area contributed by atoms with Crippen LogP contribution in [0.2, 0.25) is 0 Å². The maximum atomic E-state index is 11.0. The van der Waals surface area contributed by atoms with Crippen LogP contribution in [0.15, 0.2) is 24.8 Å². The van der Waals surface area contributed by atoms with Gasteiger partial charge >= 0.3 is 0 Å². The van der Waals surface area contributed by atoms with Crippen LogP contribution < -0.4 is 0 Å². The molecule has 0 amide bonds. The zero-order chi connectivity index (χ0) is 9.73. The number of hydrogen-bond acceptors (Lipinski definition) is 1. The molecule has 0 bridgehead atoms. The van der Waals surface area contributed by atoms with E-state index in [-0.39, 0.29) is 5.41 Å². The third-order valence-electron chi connectivity index (χ3n) is 3.07. The van der Waals surface area contributed by atoms with E-state index in [1.807, 2.05) is 6.08 Å². The van der Waals surface area contributed by atoms with E-state index in [4.69, 9.17) is 0 Å². The SMILES string of the molecule is C=CCC[C@H]1CC=CC[C@]1(C)C=O. The summed E-state index contributed by atoms with van der Waals surface area (Å²) in [6.45, 7) is 5.78. The van der Waals surface area contributed by atoms with Gasteiger partial charge in [0.15, 0.2) is 0 Å². The van der Waals surface area contributed by atoms with Crippen molar-refractivity contribution in [1.82, 2.24) is 0 Å². The largest absolute Gasteiger partial charge is 0.303 e. The predicted molar refractivity (Wildman–Crippen MR) is 55.5 cm³/mol. The smallest absolute Gasteiger partial charge is 0.126 e. The number of carbonyl (C=O) groups is 1. The first-order chi connectivity index (χ1) is 6.23. The molecule has 1 nitrogen and oxygen atoms in total. The molecule has 0 saturated carbocycles. The van der Waals surface area contributed by atoms with Gasteiger partial charge in [0.2, 0.25) is 0 Å². The molecule has 1 rings (SSSR count). The highest BCUT2D eigenvalue weighted by molar-refractivity contribution is 5.60. The summed E-state index contributed by atoms with van der Waals surface area (Å²) in [6.07, 6.45) is 11.4. The quantitative estimate of drug-likeness (QED) is 0.477. The molecule has 0 fully saturated rings. The average molecular weight is 178 g/mol. The lowest BCUT2D eigenvalue weighted by Crippen LogP contribution is -2.30. The number of rotatable bonds is 4. The zero-order valence-corrected chi connectivity index (χ0v) is 8.33. The number of carbonyl (C=O) groups excluding carboxylic acids is 1. The van der Waals surface area contributed by atoms with Gasteiger partial charge in [0.05, 0.1) is 0 Å². The highest BCUT2D eigenvalue weighted by Crippen LogP contribution is 2.38. The first-order valence-electron chi connectivity index (χ1n) is 4.95. The van der Waals surface area contributed by atoms with Crippen LogP contribution in [0.4, 0.5) is 0 Å². The Morgan fingerprint density at radius 1 is 1.62 bits per heavy atom. The molecule has 0 saturated heterocycles. The van der Waals surface area contributed by atoms with Crippen molar-refractivity contribution >= 4 is 6.29 Å². The van der Waals surface area contributed by atoms with Crippen LogP contribution in [0.5, 0.6) is 0 Å². The fourth-order valence-corrected chi connectivity index (χ4v) is 1.94. The van der Waals surface area contributed by atoms with Crippen molar-refractivity contribution < 1.29 is 4.79 Å². The van der Waals surface area contributed by atoms with Gasteiger partial charge in [0.25, 0.3) is 0 Å². The third-order valence-corrected chi connectivity index (χ3v) is 3.07. The van der Waals surface area contributed by atoms with Gasteiger partial charge in [-0.25, -0.2) is 0 Å². The standard InChI is InChI=1S/C12H18O/c1-3-4-7-11-8-5-6-9-12(11,2)10-13/h3,5-6,10-11H,1,4,7-9H2,2H3/t11-,12+/m0/s1. The molecule has 0 unspecified atom stereocenters. The van der Waals surface area contributed by atoms with E-state index in [0.29, 0.717) is 5.92 Å². The van der Waals surface area contributed by atoms with Gasteiger partial charge < -0.3 is 4.79 Å². The molecule has 0 heterocycles. The van der Waals surface area contributed by atoms with E-state index in [0.717, 1.165) is 32.0 Å². The summed E-state index contributed by atoms with van der Waals surface area (Å²) in [7, 11) is 0. The van der Waals surface area contributed by atoms with Gasteiger partial charge in [-0.15, -0.1) is 6.58 Å². The first kappa shape index (κ1) is 10.2. The van der Waals surface area contributed by atoms with Crippen LogP contribution in [0, 0.1) is 11.3 Å². The van der Waals surface area contributed by atoms with Gasteiger partial charge in [0.1, 0.15) is 6.29 Å². The van der Waals surface area contributed by atoms with E-state index < -0.39 is 0 Å². The summed E-state index contributed by atoms with van der Waals surface area (Å²) >= 11 is 0. The Balaban J connectivity index is 2.63. The topological polar surface area (TPSA) is 17.1 Å². The van der Waals surface area contributed by atoms with Crippen LogP contribution in [0.3, 0.4) is 0 Å². The normalized spacial score (nSPS) is 32.8. The predicted octanol–water partition coefficient (Wildman–Crippen LogP) is 3.12. The van der Waals surface area contributed by atoms with Crippen molar-refractivity contribution in [3.8, 4) is 0 Å². The highest BCUT2D eigenvalue weighted by atomic mass is 16.1. The number of allylic oxidation sites excluding steroid dienone is 3. The molecular weight excluding hydrogens is 160 g/mol. The maximum Gasteiger partial charge on any atom is 0.126 e. The molecule has 0 aromatic rings. The minimum Gasteiger partial charge on any atom is -0.303 e. The summed E-state index contributed by atoms with van der Waals surface area (Å²) in [5.41, 5.74) is -0.127. The molecular formula is C12H18O. The molecule has 1 aliphatic carbocycles. The van der Waals surface area contributed by atoms with Gasteiger partial charge in [-0.1, -0.05) is 25.2 Å². The second-order valence-corrected chi connectivity index (χ2v) is 4.10. The van der Waals surface area contributed by atoms with Crippen molar-refractivity contribution in [2.45, 2.75) is 32.6 Å². The fraction of sp³-hybridized carbons (Fsp3) is 0.583. The summed E-state index contributed by atoms with van der Waals surface area (Å²) in [4.78, 5) is 11.0. The highest BCUT2D eigenvalue weighted by Gasteiger charge is 2.33. The Hall–Kier alpha value is -0.850. The molecule has 0 radical (unpaired) electrons. The number of aldehydes is 1. The van der Waals surface area contributed by atoms with E-state index in [2.05, 4.69) is 25.7 Å². The Kier molecular flexibility index (Phi) is 3.47. The van der Waals surface area contributed by atoms with E-state index in [1.165, 1.54) is 0 Å². The second kappa shape index (κ2) is 4.40. The van der Waals surface area contributed by atoms with Gasteiger partial charge in [-0.3, -0.25) is 0 Å². The van der Waals surface area contributed by atoms with Crippen LogP contribution in [0.25, 0.3) is 0 Å². The molecule has 1 aliphatic rings. The maximum absolute atomic E-state index is 11.0. The van der Waals surface area contributed by atoms with Crippen molar-refractivity contribution in [3.05, 3.63) is 24.8 Å². The Bertz CT molecular complexity index is 217. The monoisotopic (exact) mass is 178 g/mol. The van der Waals surface area contributed by atoms with Crippen LogP contribution in [-0.2, 0) is 4.79 Å². The van der Waals surface area contributed by atoms with Crippen molar-refractivity contribution in [3.63, 3.8) is 0 Å². The lowest BCUT2D eigenvalue weighted by Gasteiger charge is -2.34. The Labute approximate surface area is 80.5 Å². The van der Waals surface area contributed by atoms with Crippen molar-refractivity contribution in [2.75, 3.05) is 0 Å². The third kappa shape index (κ3) is 2.30. The fourth-order valence-electron chi connectivity index (χ4n) is 1.94. The van der Waals surface area contributed by atoms with Gasteiger partial charge in [0, 0.05) is 5.41 Å². The lowest BCUT2D eigenvalue weighted by molar-refractivity contribution is -0.118. The van der Waals surface area contributed by atoms with Crippen molar-refractivity contribution in [2.24, 2.45) is 11.3 Å². The van der Waals surface area contributed by atoms with E-state index in [9.17, 15) is 4.79 Å². The minimum atomic E-state index is -0.127. The molecule has 2 atom stereocenters. The zero-order valence-electron chi connectivity index (χ0n) is 8.33. The Morgan fingerprint density at radius 2 is 2.38 bits per heavy atom. The van der Waals surface area contributed by atoms with Crippen LogP contribution >= 0.6 is 0 Å². The Morgan fingerprint density at radius 3 is 3.00 bits per heavy atom. The first-order valence-corrected chi connectivity index (χ1v) is 4.95. The lowest BCUT2D eigenvalue weighted by atomic mass is 9.69.